The van der Waals surface area contributed by atoms with Crippen LogP contribution in [0.15, 0.2) is 34.9 Å². The largest absolute Gasteiger partial charge is 0.444 e. The first kappa shape index (κ1) is 16.9. The molecule has 3 rings (SSSR count). The van der Waals surface area contributed by atoms with Crippen molar-refractivity contribution in [1.29, 1.82) is 0 Å². The molecule has 0 amide bonds. The minimum absolute atomic E-state index is 0. The number of oxazole rings is 1. The Morgan fingerprint density at radius 2 is 2.14 bits per heavy atom. The lowest BCUT2D eigenvalue weighted by atomic mass is 10.1. The van der Waals surface area contributed by atoms with Gasteiger partial charge in [-0.15, -0.1) is 12.4 Å². The SMILES string of the molecule is CN(Cc1coc(-c2cccc(F)c2)n1)C1CCNCC1.Cl. The van der Waals surface area contributed by atoms with Crippen LogP contribution in [0.3, 0.4) is 0 Å². The van der Waals surface area contributed by atoms with E-state index in [2.05, 4.69) is 22.2 Å². The number of aromatic nitrogens is 1. The van der Waals surface area contributed by atoms with Gasteiger partial charge in [-0.2, -0.15) is 0 Å². The van der Waals surface area contributed by atoms with Gasteiger partial charge in [-0.05, 0) is 51.2 Å². The van der Waals surface area contributed by atoms with Crippen LogP contribution in [0, 0.1) is 5.82 Å². The van der Waals surface area contributed by atoms with Crippen molar-refractivity contribution in [2.45, 2.75) is 25.4 Å². The number of benzene rings is 1. The summed E-state index contributed by atoms with van der Waals surface area (Å²) in [5.74, 6) is 0.197. The van der Waals surface area contributed by atoms with E-state index in [1.54, 1.807) is 18.4 Å². The van der Waals surface area contributed by atoms with Gasteiger partial charge in [-0.25, -0.2) is 9.37 Å². The fraction of sp³-hybridized carbons (Fsp3) is 0.438. The first-order valence-electron chi connectivity index (χ1n) is 7.33. The zero-order valence-electron chi connectivity index (χ0n) is 12.6. The van der Waals surface area contributed by atoms with E-state index in [4.69, 9.17) is 4.42 Å². The summed E-state index contributed by atoms with van der Waals surface area (Å²) in [5.41, 5.74) is 1.56. The van der Waals surface area contributed by atoms with Crippen LogP contribution in [0.2, 0.25) is 0 Å². The Balaban J connectivity index is 0.00000176. The molecule has 0 bridgehead atoms. The van der Waals surface area contributed by atoms with Crippen molar-refractivity contribution in [1.82, 2.24) is 15.2 Å². The highest BCUT2D eigenvalue weighted by atomic mass is 35.5. The van der Waals surface area contributed by atoms with Crippen molar-refractivity contribution < 1.29 is 8.81 Å². The molecule has 0 unspecified atom stereocenters. The third kappa shape index (κ3) is 4.06. The van der Waals surface area contributed by atoms with E-state index >= 15 is 0 Å². The lowest BCUT2D eigenvalue weighted by Gasteiger charge is -2.30. The van der Waals surface area contributed by atoms with E-state index in [1.165, 1.54) is 12.1 Å². The molecular weight excluding hydrogens is 305 g/mol. The monoisotopic (exact) mass is 325 g/mol. The van der Waals surface area contributed by atoms with E-state index in [1.807, 2.05) is 0 Å². The molecule has 0 atom stereocenters. The third-order valence-electron chi connectivity index (χ3n) is 3.97. The summed E-state index contributed by atoms with van der Waals surface area (Å²) >= 11 is 0. The molecule has 0 spiro atoms. The molecule has 0 aliphatic carbocycles. The molecule has 4 nitrogen and oxygen atoms in total. The smallest absolute Gasteiger partial charge is 0.226 e. The molecule has 1 aromatic carbocycles. The zero-order valence-corrected chi connectivity index (χ0v) is 13.4. The number of hydrogen-bond donors (Lipinski definition) is 1. The number of nitrogens with one attached hydrogen (secondary N) is 1. The van der Waals surface area contributed by atoms with Gasteiger partial charge in [0.1, 0.15) is 12.1 Å². The van der Waals surface area contributed by atoms with Crippen LogP contribution in [0.4, 0.5) is 4.39 Å². The summed E-state index contributed by atoms with van der Waals surface area (Å²) in [6, 6.07) is 6.90. The fourth-order valence-corrected chi connectivity index (χ4v) is 2.77. The van der Waals surface area contributed by atoms with E-state index < -0.39 is 0 Å². The Kier molecular flexibility index (Phi) is 5.94. The van der Waals surface area contributed by atoms with Crippen molar-refractivity contribution >= 4 is 12.4 Å². The van der Waals surface area contributed by atoms with Gasteiger partial charge in [0, 0.05) is 18.2 Å². The van der Waals surface area contributed by atoms with Crippen molar-refractivity contribution in [2.75, 3.05) is 20.1 Å². The molecule has 6 heteroatoms. The van der Waals surface area contributed by atoms with Crippen LogP contribution in [0.5, 0.6) is 0 Å². The summed E-state index contributed by atoms with van der Waals surface area (Å²) in [4.78, 5) is 6.78. The molecule has 1 aromatic heterocycles. The number of piperidine rings is 1. The van der Waals surface area contributed by atoms with Crippen molar-refractivity contribution in [3.8, 4) is 11.5 Å². The second kappa shape index (κ2) is 7.72. The number of hydrogen-bond acceptors (Lipinski definition) is 4. The van der Waals surface area contributed by atoms with Gasteiger partial charge >= 0.3 is 0 Å². The Morgan fingerprint density at radius 3 is 2.86 bits per heavy atom. The standard InChI is InChI=1S/C16H20FN3O.ClH/c1-20(15-5-7-18-8-6-15)10-14-11-21-16(19-14)12-3-2-4-13(17)9-12;/h2-4,9,11,15,18H,5-8,10H2,1H3;1H. The van der Waals surface area contributed by atoms with Gasteiger partial charge in [-0.3, -0.25) is 4.90 Å². The molecule has 0 radical (unpaired) electrons. The topological polar surface area (TPSA) is 41.3 Å². The molecule has 22 heavy (non-hydrogen) atoms. The molecule has 120 valence electrons. The summed E-state index contributed by atoms with van der Waals surface area (Å²) in [5, 5.41) is 3.37. The number of nitrogens with zero attached hydrogens (tertiary/aromatic N) is 2. The third-order valence-corrected chi connectivity index (χ3v) is 3.97. The van der Waals surface area contributed by atoms with E-state index in [9.17, 15) is 4.39 Å². The van der Waals surface area contributed by atoms with Crippen LogP contribution >= 0.6 is 12.4 Å². The maximum absolute atomic E-state index is 13.2. The maximum atomic E-state index is 13.2. The Hall–Kier alpha value is -1.43. The Morgan fingerprint density at radius 1 is 1.36 bits per heavy atom. The second-order valence-corrected chi connectivity index (χ2v) is 5.55. The lowest BCUT2D eigenvalue weighted by molar-refractivity contribution is 0.190. The van der Waals surface area contributed by atoms with Crippen LogP contribution in [0.1, 0.15) is 18.5 Å². The minimum Gasteiger partial charge on any atom is -0.444 e. The van der Waals surface area contributed by atoms with E-state index in [0.29, 0.717) is 17.5 Å². The second-order valence-electron chi connectivity index (χ2n) is 5.55. The van der Waals surface area contributed by atoms with Gasteiger partial charge in [0.2, 0.25) is 5.89 Å². The number of halogens is 2. The molecule has 2 aromatic rings. The van der Waals surface area contributed by atoms with Crippen LogP contribution in [-0.4, -0.2) is 36.1 Å². The van der Waals surface area contributed by atoms with E-state index in [0.717, 1.165) is 38.2 Å². The average molecular weight is 326 g/mol. The molecule has 1 aliphatic heterocycles. The predicted molar refractivity (Wildman–Crippen MR) is 86.5 cm³/mol. The molecule has 2 heterocycles. The molecule has 1 N–H and O–H groups in total. The van der Waals surface area contributed by atoms with Crippen molar-refractivity contribution in [3.05, 3.63) is 42.0 Å². The first-order valence-corrected chi connectivity index (χ1v) is 7.33. The summed E-state index contributed by atoms with van der Waals surface area (Å²) in [6.07, 6.45) is 3.98. The molecule has 1 fully saturated rings. The quantitative estimate of drug-likeness (QED) is 0.938. The Labute approximate surface area is 136 Å². The van der Waals surface area contributed by atoms with Gasteiger partial charge in [-0.1, -0.05) is 6.07 Å². The summed E-state index contributed by atoms with van der Waals surface area (Å²) < 4.78 is 18.7. The van der Waals surface area contributed by atoms with E-state index in [-0.39, 0.29) is 18.2 Å². The van der Waals surface area contributed by atoms with Gasteiger partial charge < -0.3 is 9.73 Å². The summed E-state index contributed by atoms with van der Waals surface area (Å²) in [6.45, 7) is 2.90. The molecular formula is C16H21ClFN3O. The van der Waals surface area contributed by atoms with Gasteiger partial charge in [0.15, 0.2) is 0 Å². The Bertz CT molecular complexity index is 599. The van der Waals surface area contributed by atoms with Crippen molar-refractivity contribution in [2.24, 2.45) is 0 Å². The highest BCUT2D eigenvalue weighted by Crippen LogP contribution is 2.21. The molecule has 1 saturated heterocycles. The normalized spacial score (nSPS) is 15.8. The highest BCUT2D eigenvalue weighted by Gasteiger charge is 2.19. The molecule has 0 saturated carbocycles. The average Bonchev–Trinajstić information content (AvgIpc) is 2.97. The number of rotatable bonds is 4. The van der Waals surface area contributed by atoms with Crippen LogP contribution < -0.4 is 5.32 Å². The highest BCUT2D eigenvalue weighted by molar-refractivity contribution is 5.85. The van der Waals surface area contributed by atoms with Gasteiger partial charge in [0.05, 0.1) is 5.69 Å². The minimum atomic E-state index is -0.279. The summed E-state index contributed by atoms with van der Waals surface area (Å²) in [7, 11) is 2.12. The van der Waals surface area contributed by atoms with Crippen molar-refractivity contribution in [3.63, 3.8) is 0 Å². The van der Waals surface area contributed by atoms with Crippen LogP contribution in [0.25, 0.3) is 11.5 Å². The zero-order chi connectivity index (χ0) is 14.7. The molecule has 1 aliphatic rings. The first-order chi connectivity index (χ1) is 10.2. The van der Waals surface area contributed by atoms with Crippen LogP contribution in [-0.2, 0) is 6.54 Å². The lowest BCUT2D eigenvalue weighted by Crippen LogP contribution is -2.40. The maximum Gasteiger partial charge on any atom is 0.226 e. The van der Waals surface area contributed by atoms with Gasteiger partial charge in [0.25, 0.3) is 0 Å². The predicted octanol–water partition coefficient (Wildman–Crippen LogP) is 3.09. The fourth-order valence-electron chi connectivity index (χ4n) is 2.77.